The topological polar surface area (TPSA) is 47.0 Å². The van der Waals surface area contributed by atoms with E-state index in [1.807, 2.05) is 4.90 Å². The molecule has 2 saturated heterocycles. The van der Waals surface area contributed by atoms with E-state index in [-0.39, 0.29) is 12.0 Å². The molecule has 1 amide bonds. The standard InChI is InChI=1S/C20H31N3O2/c1-16-4-3-5-18(14-16)22-12-10-21(11-13-22)8-7-20(25)23-9-6-17(2)19(24)15-23/h3-5,14,17,19,24H,6-13,15H2,1-2H3. The van der Waals surface area contributed by atoms with Gasteiger partial charge in [0.1, 0.15) is 0 Å². The molecule has 0 bridgehead atoms. The van der Waals surface area contributed by atoms with Crippen LogP contribution in [0.3, 0.4) is 0 Å². The molecule has 0 radical (unpaired) electrons. The maximum absolute atomic E-state index is 12.4. The highest BCUT2D eigenvalue weighted by Crippen LogP contribution is 2.19. The molecule has 0 spiro atoms. The molecular weight excluding hydrogens is 314 g/mol. The lowest BCUT2D eigenvalue weighted by Gasteiger charge is -2.37. The number of hydrogen-bond acceptors (Lipinski definition) is 4. The molecule has 1 aromatic rings. The number of rotatable bonds is 4. The number of piperazine rings is 1. The first-order valence-corrected chi connectivity index (χ1v) is 9.53. The van der Waals surface area contributed by atoms with Crippen LogP contribution < -0.4 is 4.90 Å². The summed E-state index contributed by atoms with van der Waals surface area (Å²) in [7, 11) is 0. The average molecular weight is 345 g/mol. The Kier molecular flexibility index (Phi) is 5.97. The Morgan fingerprint density at radius 2 is 1.96 bits per heavy atom. The maximum Gasteiger partial charge on any atom is 0.223 e. The minimum Gasteiger partial charge on any atom is -0.391 e. The lowest BCUT2D eigenvalue weighted by atomic mass is 9.96. The Bertz CT molecular complexity index is 584. The number of aryl methyl sites for hydroxylation is 1. The van der Waals surface area contributed by atoms with Gasteiger partial charge in [-0.3, -0.25) is 9.69 Å². The fraction of sp³-hybridized carbons (Fsp3) is 0.650. The van der Waals surface area contributed by atoms with Crippen LogP contribution in [-0.4, -0.2) is 72.7 Å². The summed E-state index contributed by atoms with van der Waals surface area (Å²) in [6.07, 6.45) is 1.10. The van der Waals surface area contributed by atoms with Crippen molar-refractivity contribution in [2.75, 3.05) is 50.7 Å². The highest BCUT2D eigenvalue weighted by molar-refractivity contribution is 5.76. The van der Waals surface area contributed by atoms with E-state index >= 15 is 0 Å². The molecule has 1 aromatic carbocycles. The van der Waals surface area contributed by atoms with Crippen LogP contribution in [0.4, 0.5) is 5.69 Å². The molecule has 2 atom stereocenters. The SMILES string of the molecule is Cc1cccc(N2CCN(CCC(=O)N3CCC(C)C(O)C3)CC2)c1. The quantitative estimate of drug-likeness (QED) is 0.903. The highest BCUT2D eigenvalue weighted by atomic mass is 16.3. The number of likely N-dealkylation sites (tertiary alicyclic amines) is 1. The van der Waals surface area contributed by atoms with Gasteiger partial charge in [-0.2, -0.15) is 0 Å². The molecule has 25 heavy (non-hydrogen) atoms. The number of benzene rings is 1. The number of carbonyl (C=O) groups is 1. The van der Waals surface area contributed by atoms with E-state index in [0.29, 0.717) is 18.9 Å². The molecule has 0 aromatic heterocycles. The van der Waals surface area contributed by atoms with Crippen LogP contribution in [0.5, 0.6) is 0 Å². The third kappa shape index (κ3) is 4.73. The van der Waals surface area contributed by atoms with Crippen LogP contribution >= 0.6 is 0 Å². The van der Waals surface area contributed by atoms with Gasteiger partial charge in [-0.25, -0.2) is 0 Å². The number of piperidine rings is 1. The van der Waals surface area contributed by atoms with Crippen molar-refractivity contribution in [3.8, 4) is 0 Å². The zero-order valence-corrected chi connectivity index (χ0v) is 15.5. The Morgan fingerprint density at radius 1 is 1.20 bits per heavy atom. The molecule has 5 nitrogen and oxygen atoms in total. The number of anilines is 1. The van der Waals surface area contributed by atoms with Crippen molar-refractivity contribution in [1.29, 1.82) is 0 Å². The third-order valence-corrected chi connectivity index (χ3v) is 5.65. The fourth-order valence-corrected chi connectivity index (χ4v) is 3.74. The Hall–Kier alpha value is -1.59. The summed E-state index contributed by atoms with van der Waals surface area (Å²) in [6, 6.07) is 8.66. The van der Waals surface area contributed by atoms with Crippen LogP contribution in [-0.2, 0) is 4.79 Å². The molecule has 5 heteroatoms. The molecule has 0 aliphatic carbocycles. The predicted molar refractivity (Wildman–Crippen MR) is 101 cm³/mol. The van der Waals surface area contributed by atoms with Gasteiger partial charge < -0.3 is 14.9 Å². The summed E-state index contributed by atoms with van der Waals surface area (Å²) in [5.74, 6) is 0.491. The Labute approximate surface area is 151 Å². The number of amides is 1. The molecule has 3 rings (SSSR count). The van der Waals surface area contributed by atoms with Crippen molar-refractivity contribution >= 4 is 11.6 Å². The third-order valence-electron chi connectivity index (χ3n) is 5.65. The van der Waals surface area contributed by atoms with Crippen molar-refractivity contribution < 1.29 is 9.90 Å². The van der Waals surface area contributed by atoms with Gasteiger partial charge in [-0.1, -0.05) is 19.1 Å². The molecule has 2 aliphatic rings. The summed E-state index contributed by atoms with van der Waals surface area (Å²) in [6.45, 7) is 10.3. The van der Waals surface area contributed by atoms with Gasteiger partial charge >= 0.3 is 0 Å². The number of β-amino-alcohol motifs (C(OH)–C–C–N with tert-alkyl or cyclic N) is 1. The zero-order chi connectivity index (χ0) is 17.8. The molecule has 2 heterocycles. The second-order valence-corrected chi connectivity index (χ2v) is 7.59. The van der Waals surface area contributed by atoms with Gasteiger partial charge in [0, 0.05) is 57.9 Å². The van der Waals surface area contributed by atoms with Gasteiger partial charge in [0.2, 0.25) is 5.91 Å². The minimum atomic E-state index is -0.365. The van der Waals surface area contributed by atoms with Gasteiger partial charge in [-0.15, -0.1) is 0 Å². The van der Waals surface area contributed by atoms with Crippen LogP contribution in [0.2, 0.25) is 0 Å². The molecular formula is C20H31N3O2. The fourth-order valence-electron chi connectivity index (χ4n) is 3.74. The van der Waals surface area contributed by atoms with Crippen molar-refractivity contribution in [3.63, 3.8) is 0 Å². The monoisotopic (exact) mass is 345 g/mol. The lowest BCUT2D eigenvalue weighted by Crippen LogP contribution is -2.49. The first-order valence-electron chi connectivity index (χ1n) is 9.53. The number of hydrogen-bond donors (Lipinski definition) is 1. The normalized spacial score (nSPS) is 25.2. The van der Waals surface area contributed by atoms with Gasteiger partial charge in [0.05, 0.1) is 6.10 Å². The second kappa shape index (κ2) is 8.19. The van der Waals surface area contributed by atoms with E-state index in [0.717, 1.165) is 45.7 Å². The number of carbonyl (C=O) groups excluding carboxylic acids is 1. The van der Waals surface area contributed by atoms with Crippen LogP contribution in [0, 0.1) is 12.8 Å². The molecule has 2 fully saturated rings. The molecule has 2 unspecified atom stereocenters. The lowest BCUT2D eigenvalue weighted by molar-refractivity contribution is -0.135. The van der Waals surface area contributed by atoms with E-state index in [1.54, 1.807) is 0 Å². The molecule has 1 N–H and O–H groups in total. The van der Waals surface area contributed by atoms with E-state index < -0.39 is 0 Å². The molecule has 138 valence electrons. The minimum absolute atomic E-state index is 0.187. The smallest absolute Gasteiger partial charge is 0.223 e. The number of aliphatic hydroxyl groups is 1. The number of aliphatic hydroxyl groups excluding tert-OH is 1. The summed E-state index contributed by atoms with van der Waals surface area (Å²) in [5.41, 5.74) is 2.59. The summed E-state index contributed by atoms with van der Waals surface area (Å²) < 4.78 is 0. The molecule has 0 saturated carbocycles. The largest absolute Gasteiger partial charge is 0.391 e. The van der Waals surface area contributed by atoms with Crippen LogP contribution in [0.25, 0.3) is 0 Å². The summed E-state index contributed by atoms with van der Waals surface area (Å²) >= 11 is 0. The van der Waals surface area contributed by atoms with Gasteiger partial charge in [-0.05, 0) is 37.0 Å². The summed E-state index contributed by atoms with van der Waals surface area (Å²) in [4.78, 5) is 19.0. The first kappa shape index (κ1) is 18.2. The Morgan fingerprint density at radius 3 is 2.64 bits per heavy atom. The zero-order valence-electron chi connectivity index (χ0n) is 15.5. The van der Waals surface area contributed by atoms with Crippen LogP contribution in [0.1, 0.15) is 25.3 Å². The van der Waals surface area contributed by atoms with Crippen molar-refractivity contribution in [2.24, 2.45) is 5.92 Å². The predicted octanol–water partition coefficient (Wildman–Crippen LogP) is 1.74. The first-order chi connectivity index (χ1) is 12.0. The number of nitrogens with zero attached hydrogens (tertiary/aromatic N) is 3. The average Bonchev–Trinajstić information content (AvgIpc) is 2.62. The van der Waals surface area contributed by atoms with Crippen LogP contribution in [0.15, 0.2) is 24.3 Å². The van der Waals surface area contributed by atoms with E-state index in [1.165, 1.54) is 11.3 Å². The van der Waals surface area contributed by atoms with Crippen molar-refractivity contribution in [1.82, 2.24) is 9.80 Å². The second-order valence-electron chi connectivity index (χ2n) is 7.59. The Balaban J connectivity index is 1.41. The highest BCUT2D eigenvalue weighted by Gasteiger charge is 2.27. The van der Waals surface area contributed by atoms with Gasteiger partial charge in [0.15, 0.2) is 0 Å². The molecule has 2 aliphatic heterocycles. The van der Waals surface area contributed by atoms with E-state index in [4.69, 9.17) is 0 Å². The van der Waals surface area contributed by atoms with Crippen molar-refractivity contribution in [2.45, 2.75) is 32.8 Å². The van der Waals surface area contributed by atoms with E-state index in [9.17, 15) is 9.90 Å². The van der Waals surface area contributed by atoms with E-state index in [2.05, 4.69) is 47.9 Å². The summed E-state index contributed by atoms with van der Waals surface area (Å²) in [5, 5.41) is 9.96. The van der Waals surface area contributed by atoms with Crippen molar-refractivity contribution in [3.05, 3.63) is 29.8 Å². The maximum atomic E-state index is 12.4. The van der Waals surface area contributed by atoms with Gasteiger partial charge in [0.25, 0.3) is 0 Å².